The third kappa shape index (κ3) is 3.71. The lowest BCUT2D eigenvalue weighted by Gasteiger charge is -2.24. The lowest BCUT2D eigenvalue weighted by molar-refractivity contribution is 0.0915. The van der Waals surface area contributed by atoms with E-state index in [1.165, 1.54) is 0 Å². The predicted octanol–water partition coefficient (Wildman–Crippen LogP) is 1.92. The molecule has 0 saturated heterocycles. The molecular formula is C12H17BrN2O2. The Kier molecular flexibility index (Phi) is 4.54. The molecule has 0 aliphatic heterocycles. The SMILES string of the molecule is COc1ccc(C(=O)NC(C)(C)CN)cc1Br. The van der Waals surface area contributed by atoms with E-state index in [2.05, 4.69) is 21.2 Å². The van der Waals surface area contributed by atoms with Gasteiger partial charge in [-0.1, -0.05) is 0 Å². The maximum Gasteiger partial charge on any atom is 0.251 e. The van der Waals surface area contributed by atoms with E-state index in [0.717, 1.165) is 4.47 Å². The minimum atomic E-state index is -0.413. The Bertz CT molecular complexity index is 419. The number of halogens is 1. The van der Waals surface area contributed by atoms with E-state index in [0.29, 0.717) is 17.9 Å². The first-order valence-corrected chi connectivity index (χ1v) is 6.05. The van der Waals surface area contributed by atoms with Gasteiger partial charge in [-0.15, -0.1) is 0 Å². The molecule has 1 amide bonds. The van der Waals surface area contributed by atoms with Crippen molar-refractivity contribution in [1.29, 1.82) is 0 Å². The molecule has 4 nitrogen and oxygen atoms in total. The fraction of sp³-hybridized carbons (Fsp3) is 0.417. The van der Waals surface area contributed by atoms with Crippen molar-refractivity contribution < 1.29 is 9.53 Å². The van der Waals surface area contributed by atoms with Gasteiger partial charge in [0.25, 0.3) is 5.91 Å². The highest BCUT2D eigenvalue weighted by molar-refractivity contribution is 9.10. The number of nitrogens with one attached hydrogen (secondary N) is 1. The van der Waals surface area contributed by atoms with Crippen molar-refractivity contribution in [1.82, 2.24) is 5.32 Å². The summed E-state index contributed by atoms with van der Waals surface area (Å²) in [6.07, 6.45) is 0. The summed E-state index contributed by atoms with van der Waals surface area (Å²) in [6.45, 7) is 4.14. The molecule has 94 valence electrons. The van der Waals surface area contributed by atoms with Crippen LogP contribution in [0.2, 0.25) is 0 Å². The molecule has 0 aliphatic carbocycles. The standard InChI is InChI=1S/C12H17BrN2O2/c1-12(2,7-14)15-11(16)8-4-5-10(17-3)9(13)6-8/h4-6H,7,14H2,1-3H3,(H,15,16). The number of benzene rings is 1. The van der Waals surface area contributed by atoms with Crippen LogP contribution in [0.5, 0.6) is 5.75 Å². The molecule has 0 aliphatic rings. The Morgan fingerprint density at radius 1 is 1.53 bits per heavy atom. The van der Waals surface area contributed by atoms with E-state index in [9.17, 15) is 4.79 Å². The molecule has 0 fully saturated rings. The van der Waals surface area contributed by atoms with Gasteiger partial charge in [-0.3, -0.25) is 4.79 Å². The summed E-state index contributed by atoms with van der Waals surface area (Å²) < 4.78 is 5.85. The lowest BCUT2D eigenvalue weighted by Crippen LogP contribution is -2.48. The van der Waals surface area contributed by atoms with Gasteiger partial charge in [-0.05, 0) is 48.0 Å². The number of hydrogen-bond donors (Lipinski definition) is 2. The number of amides is 1. The molecule has 1 rings (SSSR count). The highest BCUT2D eigenvalue weighted by Crippen LogP contribution is 2.25. The minimum Gasteiger partial charge on any atom is -0.496 e. The third-order valence-corrected chi connectivity index (χ3v) is 3.00. The first-order chi connectivity index (χ1) is 7.89. The fourth-order valence-electron chi connectivity index (χ4n) is 1.24. The van der Waals surface area contributed by atoms with Crippen LogP contribution in [0.3, 0.4) is 0 Å². The molecule has 0 aromatic heterocycles. The lowest BCUT2D eigenvalue weighted by atomic mass is 10.1. The van der Waals surface area contributed by atoms with E-state index in [1.54, 1.807) is 25.3 Å². The van der Waals surface area contributed by atoms with Crippen molar-refractivity contribution in [3.63, 3.8) is 0 Å². The minimum absolute atomic E-state index is 0.149. The van der Waals surface area contributed by atoms with Gasteiger partial charge < -0.3 is 15.8 Å². The molecule has 1 aromatic carbocycles. The summed E-state index contributed by atoms with van der Waals surface area (Å²) in [5.41, 5.74) is 5.72. The maximum atomic E-state index is 11.9. The molecule has 0 heterocycles. The van der Waals surface area contributed by atoms with Crippen molar-refractivity contribution in [3.05, 3.63) is 28.2 Å². The van der Waals surface area contributed by atoms with E-state index >= 15 is 0 Å². The Hall–Kier alpha value is -1.07. The Labute approximate surface area is 110 Å². The van der Waals surface area contributed by atoms with Crippen molar-refractivity contribution in [2.45, 2.75) is 19.4 Å². The molecule has 0 unspecified atom stereocenters. The van der Waals surface area contributed by atoms with Crippen LogP contribution in [0.4, 0.5) is 0 Å². The summed E-state index contributed by atoms with van der Waals surface area (Å²) in [5.74, 6) is 0.545. The third-order valence-electron chi connectivity index (χ3n) is 2.38. The van der Waals surface area contributed by atoms with Crippen LogP contribution in [0.15, 0.2) is 22.7 Å². The van der Waals surface area contributed by atoms with Gasteiger partial charge in [0.15, 0.2) is 0 Å². The first-order valence-electron chi connectivity index (χ1n) is 5.26. The number of hydrogen-bond acceptors (Lipinski definition) is 3. The number of nitrogens with two attached hydrogens (primary N) is 1. The number of carbonyl (C=O) groups is 1. The second-order valence-electron chi connectivity index (χ2n) is 4.39. The van der Waals surface area contributed by atoms with Crippen LogP contribution in [-0.2, 0) is 0 Å². The highest BCUT2D eigenvalue weighted by atomic mass is 79.9. The summed E-state index contributed by atoms with van der Waals surface area (Å²) >= 11 is 3.34. The molecule has 0 atom stereocenters. The molecule has 5 heteroatoms. The summed E-state index contributed by atoms with van der Waals surface area (Å²) in [7, 11) is 1.58. The van der Waals surface area contributed by atoms with Crippen LogP contribution in [-0.4, -0.2) is 25.1 Å². The van der Waals surface area contributed by atoms with Crippen molar-refractivity contribution in [2.75, 3.05) is 13.7 Å². The van der Waals surface area contributed by atoms with Gasteiger partial charge in [0.05, 0.1) is 11.6 Å². The smallest absolute Gasteiger partial charge is 0.251 e. The highest BCUT2D eigenvalue weighted by Gasteiger charge is 2.19. The Balaban J connectivity index is 2.87. The van der Waals surface area contributed by atoms with Gasteiger partial charge in [0.1, 0.15) is 5.75 Å². The number of rotatable bonds is 4. The number of ether oxygens (including phenoxy) is 1. The second kappa shape index (κ2) is 5.51. The Morgan fingerprint density at radius 2 is 2.18 bits per heavy atom. The zero-order valence-corrected chi connectivity index (χ0v) is 11.8. The Morgan fingerprint density at radius 3 is 2.65 bits per heavy atom. The molecule has 0 spiro atoms. The topological polar surface area (TPSA) is 64.3 Å². The van der Waals surface area contributed by atoms with Gasteiger partial charge in [0.2, 0.25) is 0 Å². The van der Waals surface area contributed by atoms with Crippen LogP contribution >= 0.6 is 15.9 Å². The van der Waals surface area contributed by atoms with E-state index in [1.807, 2.05) is 13.8 Å². The molecule has 0 bridgehead atoms. The van der Waals surface area contributed by atoms with Crippen molar-refractivity contribution >= 4 is 21.8 Å². The molecular weight excluding hydrogens is 284 g/mol. The summed E-state index contributed by atoms with van der Waals surface area (Å²) in [6, 6.07) is 5.18. The summed E-state index contributed by atoms with van der Waals surface area (Å²) in [5, 5.41) is 2.86. The average molecular weight is 301 g/mol. The van der Waals surface area contributed by atoms with Gasteiger partial charge in [-0.25, -0.2) is 0 Å². The molecule has 17 heavy (non-hydrogen) atoms. The molecule has 3 N–H and O–H groups in total. The zero-order chi connectivity index (χ0) is 13.1. The van der Waals surface area contributed by atoms with E-state index in [4.69, 9.17) is 10.5 Å². The zero-order valence-electron chi connectivity index (χ0n) is 10.2. The van der Waals surface area contributed by atoms with Gasteiger partial charge in [0, 0.05) is 17.6 Å². The quantitative estimate of drug-likeness (QED) is 0.893. The molecule has 0 radical (unpaired) electrons. The number of methoxy groups -OCH3 is 1. The van der Waals surface area contributed by atoms with Crippen LogP contribution in [0.25, 0.3) is 0 Å². The van der Waals surface area contributed by atoms with Gasteiger partial charge in [-0.2, -0.15) is 0 Å². The monoisotopic (exact) mass is 300 g/mol. The maximum absolute atomic E-state index is 11.9. The number of carbonyl (C=O) groups excluding carboxylic acids is 1. The van der Waals surface area contributed by atoms with Gasteiger partial charge >= 0.3 is 0 Å². The second-order valence-corrected chi connectivity index (χ2v) is 5.25. The normalized spacial score (nSPS) is 11.1. The largest absolute Gasteiger partial charge is 0.496 e. The van der Waals surface area contributed by atoms with E-state index < -0.39 is 5.54 Å². The summed E-state index contributed by atoms with van der Waals surface area (Å²) in [4.78, 5) is 11.9. The molecule has 1 aromatic rings. The van der Waals surface area contributed by atoms with Crippen molar-refractivity contribution in [3.8, 4) is 5.75 Å². The first kappa shape index (κ1) is 14.0. The van der Waals surface area contributed by atoms with Crippen LogP contribution in [0, 0.1) is 0 Å². The van der Waals surface area contributed by atoms with Crippen molar-refractivity contribution in [2.24, 2.45) is 5.73 Å². The fourth-order valence-corrected chi connectivity index (χ4v) is 1.78. The van der Waals surface area contributed by atoms with E-state index in [-0.39, 0.29) is 5.91 Å². The molecule has 0 saturated carbocycles. The van der Waals surface area contributed by atoms with Crippen LogP contribution < -0.4 is 15.8 Å². The predicted molar refractivity (Wildman–Crippen MR) is 71.3 cm³/mol. The van der Waals surface area contributed by atoms with Crippen LogP contribution in [0.1, 0.15) is 24.2 Å². The average Bonchev–Trinajstić information content (AvgIpc) is 2.28.